The molecule has 0 saturated heterocycles. The topological polar surface area (TPSA) is 67.0 Å². The highest BCUT2D eigenvalue weighted by Crippen LogP contribution is 2.38. The lowest BCUT2D eigenvalue weighted by atomic mass is 10.0. The molecular weight excluding hydrogens is 278 g/mol. The van der Waals surface area contributed by atoms with Crippen molar-refractivity contribution in [2.75, 3.05) is 5.32 Å². The summed E-state index contributed by atoms with van der Waals surface area (Å²) >= 11 is 0. The number of pyridine rings is 1. The SMILES string of the molecule is CC1(C)Oc2cc(-c3ccnc4[nH]ccc34)ccc2NC1=O. The van der Waals surface area contributed by atoms with Crippen molar-refractivity contribution >= 4 is 22.6 Å². The van der Waals surface area contributed by atoms with Crippen molar-refractivity contribution < 1.29 is 9.53 Å². The van der Waals surface area contributed by atoms with Crippen LogP contribution in [0.15, 0.2) is 42.7 Å². The standard InChI is InChI=1S/C17H15N3O2/c1-17(2)16(21)20-13-4-3-10(9-14(13)22-17)11-5-7-18-15-12(11)6-8-19-15/h3-9H,1-2H3,(H,18,19)(H,20,21). The van der Waals surface area contributed by atoms with E-state index in [0.717, 1.165) is 22.2 Å². The van der Waals surface area contributed by atoms with Crippen LogP contribution < -0.4 is 10.1 Å². The second-order valence-corrected chi connectivity index (χ2v) is 5.88. The van der Waals surface area contributed by atoms with Gasteiger partial charge in [0.15, 0.2) is 5.60 Å². The molecule has 1 amide bonds. The molecule has 4 rings (SSSR count). The summed E-state index contributed by atoms with van der Waals surface area (Å²) in [5.41, 5.74) is 2.79. The Hall–Kier alpha value is -2.82. The van der Waals surface area contributed by atoms with Gasteiger partial charge in [0.05, 0.1) is 5.69 Å². The highest BCUT2D eigenvalue weighted by molar-refractivity contribution is 6.01. The zero-order chi connectivity index (χ0) is 15.3. The minimum Gasteiger partial charge on any atom is -0.476 e. The second kappa shape index (κ2) is 4.34. The molecule has 0 fully saturated rings. The summed E-state index contributed by atoms with van der Waals surface area (Å²) in [7, 11) is 0. The number of nitrogens with zero attached hydrogens (tertiary/aromatic N) is 1. The van der Waals surface area contributed by atoms with E-state index in [9.17, 15) is 4.79 Å². The molecule has 5 nitrogen and oxygen atoms in total. The van der Waals surface area contributed by atoms with Crippen LogP contribution in [-0.4, -0.2) is 21.5 Å². The van der Waals surface area contributed by atoms with Crippen LogP contribution in [0.25, 0.3) is 22.2 Å². The zero-order valence-corrected chi connectivity index (χ0v) is 12.3. The number of aromatic amines is 1. The van der Waals surface area contributed by atoms with Gasteiger partial charge < -0.3 is 15.0 Å². The average molecular weight is 293 g/mol. The Bertz CT molecular complexity index is 896. The fourth-order valence-electron chi connectivity index (χ4n) is 2.68. The summed E-state index contributed by atoms with van der Waals surface area (Å²) in [4.78, 5) is 19.3. The van der Waals surface area contributed by atoms with Gasteiger partial charge in [0.2, 0.25) is 0 Å². The van der Waals surface area contributed by atoms with E-state index in [1.807, 2.05) is 36.5 Å². The van der Waals surface area contributed by atoms with Crippen molar-refractivity contribution in [1.82, 2.24) is 9.97 Å². The summed E-state index contributed by atoms with van der Waals surface area (Å²) < 4.78 is 5.85. The van der Waals surface area contributed by atoms with Crippen LogP contribution in [-0.2, 0) is 4.79 Å². The molecular formula is C17H15N3O2. The van der Waals surface area contributed by atoms with E-state index in [-0.39, 0.29) is 5.91 Å². The van der Waals surface area contributed by atoms with Crippen molar-refractivity contribution in [2.24, 2.45) is 0 Å². The molecule has 3 heterocycles. The fourth-order valence-corrected chi connectivity index (χ4v) is 2.68. The van der Waals surface area contributed by atoms with Gasteiger partial charge in [-0.05, 0) is 49.2 Å². The third-order valence-corrected chi connectivity index (χ3v) is 3.91. The predicted octanol–water partition coefficient (Wildman–Crippen LogP) is 3.34. The Morgan fingerprint density at radius 2 is 2.05 bits per heavy atom. The molecule has 2 aromatic heterocycles. The van der Waals surface area contributed by atoms with Crippen LogP contribution in [0.5, 0.6) is 5.75 Å². The number of carbonyl (C=O) groups is 1. The normalized spacial score (nSPS) is 16.0. The van der Waals surface area contributed by atoms with Gasteiger partial charge in [-0.1, -0.05) is 6.07 Å². The number of ether oxygens (including phenoxy) is 1. The summed E-state index contributed by atoms with van der Waals surface area (Å²) in [6.07, 6.45) is 3.65. The number of fused-ring (bicyclic) bond motifs is 2. The van der Waals surface area contributed by atoms with E-state index in [2.05, 4.69) is 15.3 Å². The van der Waals surface area contributed by atoms with Crippen LogP contribution in [0, 0.1) is 0 Å². The van der Waals surface area contributed by atoms with Crippen molar-refractivity contribution in [2.45, 2.75) is 19.4 Å². The molecule has 2 N–H and O–H groups in total. The summed E-state index contributed by atoms with van der Waals surface area (Å²) in [6, 6.07) is 9.78. The molecule has 1 aliphatic rings. The number of hydrogen-bond donors (Lipinski definition) is 2. The number of benzene rings is 1. The minimum absolute atomic E-state index is 0.135. The Kier molecular flexibility index (Phi) is 2.54. The van der Waals surface area contributed by atoms with Gasteiger partial charge in [-0.3, -0.25) is 4.79 Å². The quantitative estimate of drug-likeness (QED) is 0.723. The number of rotatable bonds is 1. The maximum absolute atomic E-state index is 11.9. The number of H-pyrrole nitrogens is 1. The van der Waals surface area contributed by atoms with Crippen LogP contribution in [0.4, 0.5) is 5.69 Å². The van der Waals surface area contributed by atoms with Crippen LogP contribution in [0.3, 0.4) is 0 Å². The molecule has 0 bridgehead atoms. The van der Waals surface area contributed by atoms with Crippen molar-refractivity contribution in [3.05, 3.63) is 42.7 Å². The lowest BCUT2D eigenvalue weighted by Crippen LogP contribution is -2.45. The van der Waals surface area contributed by atoms with Gasteiger partial charge in [-0.15, -0.1) is 0 Å². The van der Waals surface area contributed by atoms with Crippen LogP contribution >= 0.6 is 0 Å². The van der Waals surface area contributed by atoms with Crippen LogP contribution in [0.2, 0.25) is 0 Å². The van der Waals surface area contributed by atoms with Gasteiger partial charge in [0, 0.05) is 17.8 Å². The first kappa shape index (κ1) is 12.9. The largest absolute Gasteiger partial charge is 0.476 e. The van der Waals surface area contributed by atoms with Gasteiger partial charge in [0.25, 0.3) is 5.91 Å². The molecule has 0 saturated carbocycles. The summed E-state index contributed by atoms with van der Waals surface area (Å²) in [5, 5.41) is 3.94. The smallest absolute Gasteiger partial charge is 0.268 e. The van der Waals surface area contributed by atoms with Crippen molar-refractivity contribution in [3.8, 4) is 16.9 Å². The molecule has 0 aliphatic carbocycles. The van der Waals surface area contributed by atoms with Gasteiger partial charge in [-0.2, -0.15) is 0 Å². The highest BCUT2D eigenvalue weighted by atomic mass is 16.5. The number of amides is 1. The number of nitrogens with one attached hydrogen (secondary N) is 2. The van der Waals surface area contributed by atoms with Crippen molar-refractivity contribution in [3.63, 3.8) is 0 Å². The van der Waals surface area contributed by atoms with E-state index in [4.69, 9.17) is 4.74 Å². The average Bonchev–Trinajstić information content (AvgIpc) is 2.96. The molecule has 1 aromatic carbocycles. The Morgan fingerprint density at radius 1 is 1.18 bits per heavy atom. The third-order valence-electron chi connectivity index (χ3n) is 3.91. The third kappa shape index (κ3) is 1.86. The predicted molar refractivity (Wildman–Crippen MR) is 84.9 cm³/mol. The minimum atomic E-state index is -0.868. The Labute approximate surface area is 127 Å². The molecule has 0 unspecified atom stereocenters. The molecule has 0 spiro atoms. The fraction of sp³-hybridized carbons (Fsp3) is 0.176. The first-order valence-electron chi connectivity index (χ1n) is 7.11. The maximum Gasteiger partial charge on any atom is 0.268 e. The molecule has 0 atom stereocenters. The van der Waals surface area contributed by atoms with Crippen molar-refractivity contribution in [1.29, 1.82) is 0 Å². The van der Waals surface area contributed by atoms with Gasteiger partial charge >= 0.3 is 0 Å². The highest BCUT2D eigenvalue weighted by Gasteiger charge is 2.35. The van der Waals surface area contributed by atoms with E-state index >= 15 is 0 Å². The molecule has 5 heteroatoms. The van der Waals surface area contributed by atoms with E-state index in [0.29, 0.717) is 11.4 Å². The first-order valence-corrected chi connectivity index (χ1v) is 7.11. The maximum atomic E-state index is 11.9. The lowest BCUT2D eigenvalue weighted by molar-refractivity contribution is -0.129. The summed E-state index contributed by atoms with van der Waals surface area (Å²) in [5.74, 6) is 0.548. The monoisotopic (exact) mass is 293 g/mol. The van der Waals surface area contributed by atoms with Crippen LogP contribution in [0.1, 0.15) is 13.8 Å². The molecule has 110 valence electrons. The Balaban J connectivity index is 1.85. The van der Waals surface area contributed by atoms with E-state index in [1.165, 1.54) is 0 Å². The Morgan fingerprint density at radius 3 is 2.91 bits per heavy atom. The molecule has 22 heavy (non-hydrogen) atoms. The second-order valence-electron chi connectivity index (χ2n) is 5.88. The number of aromatic nitrogens is 2. The van der Waals surface area contributed by atoms with Gasteiger partial charge in [0.1, 0.15) is 11.4 Å². The van der Waals surface area contributed by atoms with Gasteiger partial charge in [-0.25, -0.2) is 4.98 Å². The lowest BCUT2D eigenvalue weighted by Gasteiger charge is -2.31. The molecule has 3 aromatic rings. The molecule has 0 radical (unpaired) electrons. The number of hydrogen-bond acceptors (Lipinski definition) is 3. The summed E-state index contributed by atoms with van der Waals surface area (Å²) in [6.45, 7) is 3.52. The number of anilines is 1. The van der Waals surface area contributed by atoms with E-state index in [1.54, 1.807) is 20.0 Å². The first-order chi connectivity index (χ1) is 10.5. The molecule has 1 aliphatic heterocycles. The zero-order valence-electron chi connectivity index (χ0n) is 12.3. The number of carbonyl (C=O) groups excluding carboxylic acids is 1. The van der Waals surface area contributed by atoms with E-state index < -0.39 is 5.60 Å².